The number of aliphatic hydroxyl groups excluding tert-OH is 4. The van der Waals surface area contributed by atoms with Crippen molar-refractivity contribution in [3.8, 4) is 17.2 Å². The molecule has 0 spiro atoms. The third-order valence-corrected chi connectivity index (χ3v) is 6.05. The van der Waals surface area contributed by atoms with E-state index in [0.717, 1.165) is 0 Å². The summed E-state index contributed by atoms with van der Waals surface area (Å²) >= 11 is 0. The van der Waals surface area contributed by atoms with Gasteiger partial charge in [-0.05, 0) is 20.8 Å². The lowest BCUT2D eigenvalue weighted by molar-refractivity contribution is 0.253. The van der Waals surface area contributed by atoms with Gasteiger partial charge in [0.25, 0.3) is 0 Å². The van der Waals surface area contributed by atoms with Gasteiger partial charge in [0.1, 0.15) is 17.2 Å². The fraction of sp³-hybridized carbons (Fsp3) is 0.375. The molecule has 0 aliphatic carbocycles. The van der Waals surface area contributed by atoms with Crippen LogP contribution >= 0.6 is 37.2 Å². The third kappa shape index (κ3) is 6.71. The molecule has 0 saturated heterocycles. The van der Waals surface area contributed by atoms with Crippen molar-refractivity contribution in [1.82, 2.24) is 15.0 Å². The molecule has 0 aliphatic rings. The van der Waals surface area contributed by atoms with Gasteiger partial charge in [0.2, 0.25) is 0 Å². The smallest absolute Gasteiger partial charge is 0.142 e. The SMILES string of the molecule is Cc1ncc(CO)c(Cc2nc(C)c(O)c(Cc3nc(C)c(O)c(CO)c3CO)c2CO)c1O.Cl.Cl.Cl. The van der Waals surface area contributed by atoms with Crippen LogP contribution in [0.3, 0.4) is 0 Å². The molecule has 37 heavy (non-hydrogen) atoms. The number of halogens is 3. The van der Waals surface area contributed by atoms with E-state index >= 15 is 0 Å². The van der Waals surface area contributed by atoms with Crippen LogP contribution in [-0.2, 0) is 39.3 Å². The largest absolute Gasteiger partial charge is 0.506 e. The van der Waals surface area contributed by atoms with Crippen LogP contribution in [0.1, 0.15) is 61.9 Å². The first-order chi connectivity index (χ1) is 16.2. The average Bonchev–Trinajstić information content (AvgIpc) is 2.82. The Bertz CT molecular complexity index is 1240. The molecule has 3 aromatic rings. The minimum atomic E-state index is -0.512. The molecule has 0 aliphatic heterocycles. The van der Waals surface area contributed by atoms with Gasteiger partial charge in [0.05, 0.1) is 54.9 Å². The van der Waals surface area contributed by atoms with E-state index in [1.165, 1.54) is 6.20 Å². The van der Waals surface area contributed by atoms with E-state index < -0.39 is 19.8 Å². The molecule has 10 nitrogen and oxygen atoms in total. The second-order valence-corrected chi connectivity index (χ2v) is 8.08. The lowest BCUT2D eigenvalue weighted by atomic mass is 9.92. The summed E-state index contributed by atoms with van der Waals surface area (Å²) in [6.45, 7) is 2.93. The van der Waals surface area contributed by atoms with Gasteiger partial charge in [-0.25, -0.2) is 0 Å². The normalized spacial score (nSPS) is 10.4. The number of nitrogens with zero attached hydrogens (tertiary/aromatic N) is 3. The Morgan fingerprint density at radius 1 is 0.541 bits per heavy atom. The van der Waals surface area contributed by atoms with Crippen molar-refractivity contribution in [3.05, 3.63) is 68.0 Å². The van der Waals surface area contributed by atoms with Crippen LogP contribution in [0.5, 0.6) is 17.2 Å². The number of hydrogen-bond acceptors (Lipinski definition) is 10. The van der Waals surface area contributed by atoms with Gasteiger partial charge in [-0.3, -0.25) is 15.0 Å². The summed E-state index contributed by atoms with van der Waals surface area (Å²) in [6, 6.07) is 0. The predicted molar refractivity (Wildman–Crippen MR) is 143 cm³/mol. The van der Waals surface area contributed by atoms with Crippen LogP contribution in [-0.4, -0.2) is 50.7 Å². The molecule has 206 valence electrons. The van der Waals surface area contributed by atoms with Gasteiger partial charge >= 0.3 is 0 Å². The van der Waals surface area contributed by atoms with Crippen molar-refractivity contribution in [1.29, 1.82) is 0 Å². The maximum Gasteiger partial charge on any atom is 0.142 e. The van der Waals surface area contributed by atoms with Gasteiger partial charge in [-0.15, -0.1) is 37.2 Å². The fourth-order valence-electron chi connectivity index (χ4n) is 4.10. The Balaban J connectivity index is 0.00000432. The molecular formula is C24H32Cl3N3O7. The highest BCUT2D eigenvalue weighted by atomic mass is 35.5. The van der Waals surface area contributed by atoms with E-state index in [1.807, 2.05) is 0 Å². The standard InChI is InChI=1S/C24H29N3O7.3ClH/c1-11-22(32)15(14(7-28)6-25-11)4-20-17(8-29)16(23(33)12(2)26-20)5-21-18(9-30)19(10-31)24(34)13(3)27-21;;;/h6,28-34H,4-5,7-10H2,1-3H3;3*1H. The predicted octanol–water partition coefficient (Wildman–Crippen LogP) is 2.33. The number of pyridine rings is 3. The second kappa shape index (κ2) is 14.5. The Labute approximate surface area is 233 Å². The van der Waals surface area contributed by atoms with E-state index in [9.17, 15) is 35.7 Å². The molecule has 13 heteroatoms. The Kier molecular flexibility index (Phi) is 13.5. The zero-order valence-electron chi connectivity index (χ0n) is 20.5. The molecular weight excluding hydrogens is 549 g/mol. The first-order valence-corrected chi connectivity index (χ1v) is 10.7. The summed E-state index contributed by atoms with van der Waals surface area (Å²) in [4.78, 5) is 12.8. The molecule has 0 saturated carbocycles. The van der Waals surface area contributed by atoms with E-state index in [2.05, 4.69) is 15.0 Å². The lowest BCUT2D eigenvalue weighted by Gasteiger charge is -2.20. The van der Waals surface area contributed by atoms with E-state index in [0.29, 0.717) is 39.3 Å². The van der Waals surface area contributed by atoms with Crippen LogP contribution in [0.25, 0.3) is 0 Å². The summed E-state index contributed by atoms with van der Waals surface area (Å²) in [5.74, 6) is -0.462. The fourth-order valence-corrected chi connectivity index (χ4v) is 4.10. The Morgan fingerprint density at radius 3 is 1.41 bits per heavy atom. The molecule has 0 bridgehead atoms. The van der Waals surface area contributed by atoms with Crippen molar-refractivity contribution >= 4 is 37.2 Å². The lowest BCUT2D eigenvalue weighted by Crippen LogP contribution is -2.12. The van der Waals surface area contributed by atoms with Gasteiger partial charge in [-0.1, -0.05) is 0 Å². The summed E-state index contributed by atoms with van der Waals surface area (Å²) in [6.07, 6.45) is 1.51. The highest BCUT2D eigenvalue weighted by Gasteiger charge is 2.23. The first kappa shape index (κ1) is 34.6. The highest BCUT2D eigenvalue weighted by molar-refractivity contribution is 5.86. The molecule has 0 fully saturated rings. The quantitative estimate of drug-likeness (QED) is 0.209. The molecule has 0 atom stereocenters. The molecule has 0 aromatic carbocycles. The van der Waals surface area contributed by atoms with Crippen LogP contribution < -0.4 is 0 Å². The molecule has 0 unspecified atom stereocenters. The van der Waals surface area contributed by atoms with Crippen LogP contribution in [0.4, 0.5) is 0 Å². The van der Waals surface area contributed by atoms with Crippen molar-refractivity contribution in [3.63, 3.8) is 0 Å². The van der Waals surface area contributed by atoms with Crippen LogP contribution in [0.2, 0.25) is 0 Å². The second-order valence-electron chi connectivity index (χ2n) is 8.08. The van der Waals surface area contributed by atoms with Gasteiger partial charge in [0, 0.05) is 52.4 Å². The Hall–Kier alpha value is -2.44. The number of aryl methyl sites for hydroxylation is 3. The van der Waals surface area contributed by atoms with Gasteiger partial charge in [0.15, 0.2) is 0 Å². The molecule has 0 amide bonds. The van der Waals surface area contributed by atoms with Crippen molar-refractivity contribution in [2.75, 3.05) is 0 Å². The first-order valence-electron chi connectivity index (χ1n) is 10.7. The monoisotopic (exact) mass is 579 g/mol. The summed E-state index contributed by atoms with van der Waals surface area (Å²) in [7, 11) is 0. The van der Waals surface area contributed by atoms with Crippen molar-refractivity contribution < 1.29 is 35.7 Å². The number of aromatic hydroxyl groups is 3. The zero-order valence-corrected chi connectivity index (χ0v) is 23.0. The van der Waals surface area contributed by atoms with Crippen LogP contribution in [0.15, 0.2) is 6.20 Å². The topological polar surface area (TPSA) is 180 Å². The molecule has 0 radical (unpaired) electrons. The minimum Gasteiger partial charge on any atom is -0.506 e. The maximum atomic E-state index is 10.8. The zero-order chi connectivity index (χ0) is 25.2. The van der Waals surface area contributed by atoms with E-state index in [4.69, 9.17) is 0 Å². The molecule has 3 heterocycles. The molecule has 3 rings (SSSR count). The minimum absolute atomic E-state index is 0. The third-order valence-electron chi connectivity index (χ3n) is 6.05. The van der Waals surface area contributed by atoms with E-state index in [1.54, 1.807) is 20.8 Å². The number of hydrogen-bond donors (Lipinski definition) is 7. The van der Waals surface area contributed by atoms with Gasteiger partial charge < -0.3 is 35.7 Å². The van der Waals surface area contributed by atoms with Gasteiger partial charge in [-0.2, -0.15) is 0 Å². The summed E-state index contributed by atoms with van der Waals surface area (Å²) in [5.41, 5.74) is 3.42. The maximum absolute atomic E-state index is 10.8. The number of aromatic nitrogens is 3. The Morgan fingerprint density at radius 2 is 0.946 bits per heavy atom. The summed E-state index contributed by atoms with van der Waals surface area (Å²) < 4.78 is 0. The van der Waals surface area contributed by atoms with E-state index in [-0.39, 0.29) is 96.4 Å². The highest BCUT2D eigenvalue weighted by Crippen LogP contribution is 2.35. The summed E-state index contributed by atoms with van der Waals surface area (Å²) in [5, 5.41) is 71.1. The number of rotatable bonds is 8. The van der Waals surface area contributed by atoms with Crippen molar-refractivity contribution in [2.45, 2.75) is 60.0 Å². The average molecular weight is 581 g/mol. The molecule has 3 aromatic heterocycles. The molecule has 7 N–H and O–H groups in total. The van der Waals surface area contributed by atoms with Crippen LogP contribution in [0, 0.1) is 20.8 Å². The van der Waals surface area contributed by atoms with Crippen molar-refractivity contribution in [2.24, 2.45) is 0 Å². The number of aliphatic hydroxyl groups is 4.